The van der Waals surface area contributed by atoms with Crippen molar-refractivity contribution >= 4 is 40.0 Å². The number of fused-ring (bicyclic) bond motifs is 1. The number of hydrogen-bond acceptors (Lipinski definition) is 4. The molecule has 0 aliphatic rings. The first-order valence-electron chi connectivity index (χ1n) is 6.27. The Balaban J connectivity index is 1.92. The van der Waals surface area contributed by atoms with Gasteiger partial charge in [0.1, 0.15) is 5.52 Å². The lowest BCUT2D eigenvalue weighted by atomic mass is 10.1. The van der Waals surface area contributed by atoms with Gasteiger partial charge in [-0.3, -0.25) is 4.79 Å². The van der Waals surface area contributed by atoms with Gasteiger partial charge in [-0.25, -0.2) is 4.98 Å². The van der Waals surface area contributed by atoms with Crippen LogP contribution in [-0.2, 0) is 0 Å². The van der Waals surface area contributed by atoms with Gasteiger partial charge in [-0.15, -0.1) is 0 Å². The molecular weight excluding hydrogens is 290 g/mol. The number of carbonyl (C=O) groups is 1. The molecule has 0 spiro atoms. The lowest BCUT2D eigenvalue weighted by molar-refractivity contribution is 0.102. The van der Waals surface area contributed by atoms with Crippen molar-refractivity contribution in [3.8, 4) is 0 Å². The van der Waals surface area contributed by atoms with E-state index in [1.165, 1.54) is 0 Å². The van der Waals surface area contributed by atoms with Crippen LogP contribution in [0.5, 0.6) is 0 Å². The molecule has 0 fully saturated rings. The molecule has 0 saturated carbocycles. The van der Waals surface area contributed by atoms with Gasteiger partial charge in [-0.2, -0.15) is 0 Å². The molecular formula is C15H12ClN3O2. The minimum atomic E-state index is -0.363. The molecule has 1 aromatic heterocycles. The van der Waals surface area contributed by atoms with E-state index in [9.17, 15) is 4.79 Å². The first kappa shape index (κ1) is 13.5. The summed E-state index contributed by atoms with van der Waals surface area (Å²) >= 11 is 6.02. The Hall–Kier alpha value is -2.53. The normalized spacial score (nSPS) is 10.8. The summed E-state index contributed by atoms with van der Waals surface area (Å²) in [5.74, 6) is 0.210. The van der Waals surface area contributed by atoms with Crippen LogP contribution >= 0.6 is 11.6 Å². The average Bonchev–Trinajstić information content (AvgIpc) is 2.77. The van der Waals surface area contributed by atoms with Crippen LogP contribution in [0.25, 0.3) is 11.1 Å². The largest absolute Gasteiger partial charge is 0.441 e. The highest BCUT2D eigenvalue weighted by Gasteiger charge is 2.14. The van der Waals surface area contributed by atoms with Crippen LogP contribution in [-0.4, -0.2) is 10.9 Å². The summed E-state index contributed by atoms with van der Waals surface area (Å²) in [7, 11) is 0. The van der Waals surface area contributed by atoms with Crippen molar-refractivity contribution in [3.63, 3.8) is 0 Å². The highest BCUT2D eigenvalue weighted by Crippen LogP contribution is 2.24. The van der Waals surface area contributed by atoms with Crippen LogP contribution in [0.4, 0.5) is 11.4 Å². The van der Waals surface area contributed by atoms with E-state index in [1.807, 2.05) is 0 Å². The topological polar surface area (TPSA) is 81.2 Å². The molecule has 21 heavy (non-hydrogen) atoms. The molecule has 0 unspecified atom stereocenters. The molecule has 0 saturated heterocycles. The van der Waals surface area contributed by atoms with Crippen molar-refractivity contribution in [1.29, 1.82) is 0 Å². The number of amides is 1. The minimum Gasteiger partial charge on any atom is -0.441 e. The maximum atomic E-state index is 12.3. The fourth-order valence-electron chi connectivity index (χ4n) is 2.09. The van der Waals surface area contributed by atoms with Crippen molar-refractivity contribution in [2.45, 2.75) is 6.92 Å². The number of nitrogens with one attached hydrogen (secondary N) is 1. The number of rotatable bonds is 2. The van der Waals surface area contributed by atoms with Crippen LogP contribution in [0, 0.1) is 6.92 Å². The number of nitrogen functional groups attached to an aromatic ring is 1. The molecule has 3 aromatic rings. The highest BCUT2D eigenvalue weighted by molar-refractivity contribution is 6.35. The summed E-state index contributed by atoms with van der Waals surface area (Å²) in [6, 6.07) is 10.2. The number of aromatic nitrogens is 1. The SMILES string of the molecule is Cc1nc2cc(NC(=O)c3c(N)cccc3Cl)ccc2o1. The number of aryl methyl sites for hydroxylation is 1. The summed E-state index contributed by atoms with van der Waals surface area (Å²) in [5, 5.41) is 3.07. The zero-order valence-corrected chi connectivity index (χ0v) is 11.9. The predicted octanol–water partition coefficient (Wildman–Crippen LogP) is 3.62. The summed E-state index contributed by atoms with van der Waals surface area (Å²) in [6.45, 7) is 1.77. The lowest BCUT2D eigenvalue weighted by Gasteiger charge is -2.09. The van der Waals surface area contributed by atoms with E-state index in [0.717, 1.165) is 0 Å². The Bertz CT molecular complexity index is 822. The van der Waals surface area contributed by atoms with Gasteiger partial charge in [0.2, 0.25) is 0 Å². The summed E-state index contributed by atoms with van der Waals surface area (Å²) in [6.07, 6.45) is 0. The molecule has 3 rings (SSSR count). The van der Waals surface area contributed by atoms with Crippen LogP contribution in [0.1, 0.15) is 16.2 Å². The Labute approximate surface area is 125 Å². The summed E-state index contributed by atoms with van der Waals surface area (Å²) in [5.41, 5.74) is 8.33. The Morgan fingerprint density at radius 2 is 2.14 bits per heavy atom. The molecule has 106 valence electrons. The van der Waals surface area contributed by atoms with Gasteiger partial charge in [0.15, 0.2) is 11.5 Å². The number of hydrogen-bond donors (Lipinski definition) is 2. The van der Waals surface area contributed by atoms with Crippen LogP contribution < -0.4 is 11.1 Å². The fraction of sp³-hybridized carbons (Fsp3) is 0.0667. The second-order valence-electron chi connectivity index (χ2n) is 4.57. The van der Waals surface area contributed by atoms with Crippen LogP contribution in [0.15, 0.2) is 40.8 Å². The van der Waals surface area contributed by atoms with E-state index in [-0.39, 0.29) is 11.5 Å². The maximum absolute atomic E-state index is 12.3. The Morgan fingerprint density at radius 1 is 1.33 bits per heavy atom. The number of nitrogens with zero attached hydrogens (tertiary/aromatic N) is 1. The lowest BCUT2D eigenvalue weighted by Crippen LogP contribution is -2.14. The first-order valence-corrected chi connectivity index (χ1v) is 6.65. The Kier molecular flexibility index (Phi) is 3.27. The van der Waals surface area contributed by atoms with E-state index in [4.69, 9.17) is 21.8 Å². The van der Waals surface area contributed by atoms with Crippen molar-refractivity contribution in [2.75, 3.05) is 11.1 Å². The standard InChI is InChI=1S/C15H12ClN3O2/c1-8-18-12-7-9(5-6-13(12)21-8)19-15(20)14-10(16)3-2-4-11(14)17/h2-7H,17H2,1H3,(H,19,20). The quantitative estimate of drug-likeness (QED) is 0.708. The van der Waals surface area contributed by atoms with Crippen molar-refractivity contribution in [3.05, 3.63) is 52.9 Å². The summed E-state index contributed by atoms with van der Waals surface area (Å²) < 4.78 is 5.39. The van der Waals surface area contributed by atoms with Gasteiger partial charge in [-0.1, -0.05) is 17.7 Å². The third kappa shape index (κ3) is 2.55. The second-order valence-corrected chi connectivity index (χ2v) is 4.98. The smallest absolute Gasteiger partial charge is 0.259 e. The van der Waals surface area contributed by atoms with Gasteiger partial charge in [0, 0.05) is 18.3 Å². The number of halogens is 1. The number of oxazole rings is 1. The molecule has 1 amide bonds. The monoisotopic (exact) mass is 301 g/mol. The van der Waals surface area contributed by atoms with Gasteiger partial charge in [0.05, 0.1) is 10.6 Å². The molecule has 1 heterocycles. The number of benzene rings is 2. The molecule has 0 bridgehead atoms. The number of anilines is 2. The maximum Gasteiger partial charge on any atom is 0.259 e. The molecule has 3 N–H and O–H groups in total. The molecule has 0 radical (unpaired) electrons. The van der Waals surface area contributed by atoms with Gasteiger partial charge < -0.3 is 15.5 Å². The third-order valence-electron chi connectivity index (χ3n) is 3.03. The van der Waals surface area contributed by atoms with Crippen LogP contribution in [0.2, 0.25) is 5.02 Å². The van der Waals surface area contributed by atoms with E-state index >= 15 is 0 Å². The number of nitrogens with two attached hydrogens (primary N) is 1. The van der Waals surface area contributed by atoms with E-state index < -0.39 is 0 Å². The molecule has 0 aliphatic heterocycles. The Morgan fingerprint density at radius 3 is 2.90 bits per heavy atom. The molecule has 6 heteroatoms. The van der Waals surface area contributed by atoms with Crippen molar-refractivity contribution in [2.24, 2.45) is 0 Å². The van der Waals surface area contributed by atoms with Crippen LogP contribution in [0.3, 0.4) is 0 Å². The zero-order chi connectivity index (χ0) is 15.0. The van der Waals surface area contributed by atoms with Crippen molar-refractivity contribution in [1.82, 2.24) is 4.98 Å². The van der Waals surface area contributed by atoms with E-state index in [1.54, 1.807) is 43.3 Å². The van der Waals surface area contributed by atoms with Crippen molar-refractivity contribution < 1.29 is 9.21 Å². The van der Waals surface area contributed by atoms with Gasteiger partial charge in [0.25, 0.3) is 5.91 Å². The molecule has 5 nitrogen and oxygen atoms in total. The van der Waals surface area contributed by atoms with Gasteiger partial charge in [-0.05, 0) is 30.3 Å². The predicted molar refractivity (Wildman–Crippen MR) is 82.6 cm³/mol. The van der Waals surface area contributed by atoms with E-state index in [2.05, 4.69) is 10.3 Å². The minimum absolute atomic E-state index is 0.260. The first-order chi connectivity index (χ1) is 10.0. The summed E-state index contributed by atoms with van der Waals surface area (Å²) in [4.78, 5) is 16.5. The van der Waals surface area contributed by atoms with Gasteiger partial charge >= 0.3 is 0 Å². The second kappa shape index (κ2) is 5.10. The molecule has 2 aromatic carbocycles. The third-order valence-corrected chi connectivity index (χ3v) is 3.34. The zero-order valence-electron chi connectivity index (χ0n) is 11.2. The average molecular weight is 302 g/mol. The highest BCUT2D eigenvalue weighted by atomic mass is 35.5. The molecule has 0 atom stereocenters. The number of carbonyl (C=O) groups excluding carboxylic acids is 1. The molecule has 0 aliphatic carbocycles. The fourth-order valence-corrected chi connectivity index (χ4v) is 2.36. The van der Waals surface area contributed by atoms with E-state index in [0.29, 0.717) is 33.4 Å².